The molecule has 3 aromatic rings. The first-order chi connectivity index (χ1) is 19.9. The van der Waals surface area contributed by atoms with E-state index in [4.69, 9.17) is 4.74 Å². The van der Waals surface area contributed by atoms with Gasteiger partial charge in [-0.3, -0.25) is 9.69 Å². The Balaban J connectivity index is 1.32. The zero-order valence-corrected chi connectivity index (χ0v) is 24.0. The molecule has 1 saturated heterocycles. The summed E-state index contributed by atoms with van der Waals surface area (Å²) in [5.74, 6) is -1.25. The lowest BCUT2D eigenvalue weighted by Gasteiger charge is -2.32. The topological polar surface area (TPSA) is 99.2 Å². The number of carbonyl (C=O) groups excluding carboxylic acids is 2. The lowest BCUT2D eigenvalue weighted by Crippen LogP contribution is -2.57. The van der Waals surface area contributed by atoms with E-state index in [1.54, 1.807) is 0 Å². The molecule has 3 unspecified atom stereocenters. The Hall–Kier alpha value is -3.82. The standard InChI is InChI=1S/C32H35N3O5S/c1-3-29-35(28(20-41-29)31(37)38)30(36)27(18-34(2)17-21-11-5-4-6-12-21)33-32(39)40-19-26-24-15-9-7-13-22(24)23-14-8-10-16-25(23)26/h4-16,26-29H,3,17-20H2,1-2H3,(H,33,39)(H,37,38). The lowest BCUT2D eigenvalue weighted by molar-refractivity contribution is -0.150. The van der Waals surface area contributed by atoms with Crippen molar-refractivity contribution in [3.8, 4) is 11.1 Å². The molecule has 1 heterocycles. The van der Waals surface area contributed by atoms with E-state index in [0.717, 1.165) is 27.8 Å². The highest BCUT2D eigenvalue weighted by molar-refractivity contribution is 8.00. The van der Waals surface area contributed by atoms with Crippen molar-refractivity contribution in [3.63, 3.8) is 0 Å². The summed E-state index contributed by atoms with van der Waals surface area (Å²) in [7, 11) is 1.87. The van der Waals surface area contributed by atoms with Crippen molar-refractivity contribution in [1.29, 1.82) is 0 Å². The van der Waals surface area contributed by atoms with Crippen LogP contribution >= 0.6 is 11.8 Å². The molecule has 2 amide bonds. The Morgan fingerprint density at radius 3 is 2.22 bits per heavy atom. The molecule has 0 aromatic heterocycles. The first-order valence-corrected chi connectivity index (χ1v) is 14.9. The molecule has 1 fully saturated rings. The number of amides is 2. The van der Waals surface area contributed by atoms with E-state index in [2.05, 4.69) is 17.4 Å². The van der Waals surface area contributed by atoms with Crippen molar-refractivity contribution >= 4 is 29.7 Å². The Kier molecular flexibility index (Phi) is 8.95. The van der Waals surface area contributed by atoms with Gasteiger partial charge in [0.1, 0.15) is 18.7 Å². The molecule has 8 nitrogen and oxygen atoms in total. The zero-order valence-electron chi connectivity index (χ0n) is 23.2. The third-order valence-corrected chi connectivity index (χ3v) is 9.16. The summed E-state index contributed by atoms with van der Waals surface area (Å²) in [4.78, 5) is 42.5. The second-order valence-electron chi connectivity index (χ2n) is 10.5. The number of carboxylic acids is 1. The molecule has 2 N–H and O–H groups in total. The Morgan fingerprint density at radius 1 is 1.00 bits per heavy atom. The van der Waals surface area contributed by atoms with Crippen molar-refractivity contribution in [2.45, 2.75) is 43.3 Å². The molecular formula is C32H35N3O5S. The first-order valence-electron chi connectivity index (χ1n) is 13.9. The fourth-order valence-corrected chi connectivity index (χ4v) is 7.14. The van der Waals surface area contributed by atoms with Gasteiger partial charge in [0.15, 0.2) is 0 Å². The number of hydrogen-bond acceptors (Lipinski definition) is 6. The third kappa shape index (κ3) is 6.26. The molecule has 0 spiro atoms. The second kappa shape index (κ2) is 12.8. The van der Waals surface area contributed by atoms with Crippen LogP contribution in [0.25, 0.3) is 11.1 Å². The molecule has 3 aromatic carbocycles. The number of fused-ring (bicyclic) bond motifs is 3. The highest BCUT2D eigenvalue weighted by atomic mass is 32.2. The summed E-state index contributed by atoms with van der Waals surface area (Å²) < 4.78 is 5.75. The van der Waals surface area contributed by atoms with Crippen molar-refractivity contribution in [3.05, 3.63) is 95.6 Å². The maximum absolute atomic E-state index is 13.9. The number of benzene rings is 3. The van der Waals surface area contributed by atoms with Gasteiger partial charge < -0.3 is 20.1 Å². The fraction of sp³-hybridized carbons (Fsp3) is 0.344. The third-order valence-electron chi connectivity index (χ3n) is 7.70. The number of alkyl carbamates (subject to hydrolysis) is 1. The predicted molar refractivity (Wildman–Crippen MR) is 160 cm³/mol. The van der Waals surface area contributed by atoms with E-state index in [9.17, 15) is 19.5 Å². The Labute approximate surface area is 244 Å². The summed E-state index contributed by atoms with van der Waals surface area (Å²) in [5.41, 5.74) is 5.52. The van der Waals surface area contributed by atoms with Crippen LogP contribution in [-0.2, 0) is 20.9 Å². The minimum Gasteiger partial charge on any atom is -0.480 e. The van der Waals surface area contributed by atoms with Gasteiger partial charge >= 0.3 is 12.1 Å². The number of nitrogens with one attached hydrogen (secondary N) is 1. The summed E-state index contributed by atoms with van der Waals surface area (Å²) in [5, 5.41) is 12.3. The number of aliphatic carboxylic acids is 1. The highest BCUT2D eigenvalue weighted by Gasteiger charge is 2.43. The van der Waals surface area contributed by atoms with Gasteiger partial charge in [0.25, 0.3) is 0 Å². The van der Waals surface area contributed by atoms with Gasteiger partial charge in [-0.1, -0.05) is 85.8 Å². The van der Waals surface area contributed by atoms with Crippen molar-refractivity contribution < 1.29 is 24.2 Å². The largest absolute Gasteiger partial charge is 0.480 e. The number of nitrogens with zero attached hydrogens (tertiary/aromatic N) is 2. The van der Waals surface area contributed by atoms with E-state index in [1.807, 2.05) is 85.6 Å². The molecule has 214 valence electrons. The summed E-state index contributed by atoms with van der Waals surface area (Å²) >= 11 is 1.45. The molecule has 9 heteroatoms. The Bertz CT molecular complexity index is 1360. The SMILES string of the molecule is CCC1SCC(C(=O)O)N1C(=O)C(CN(C)Cc1ccccc1)NC(=O)OCC1c2ccccc2-c2ccccc21. The highest BCUT2D eigenvalue weighted by Crippen LogP contribution is 2.44. The molecule has 0 bridgehead atoms. The summed E-state index contributed by atoms with van der Waals surface area (Å²) in [6, 6.07) is 24.1. The van der Waals surface area contributed by atoms with Crippen LogP contribution in [0.3, 0.4) is 0 Å². The van der Waals surface area contributed by atoms with Gasteiger partial charge in [-0.25, -0.2) is 9.59 Å². The average Bonchev–Trinajstić information content (AvgIpc) is 3.55. The van der Waals surface area contributed by atoms with Crippen LogP contribution in [0.4, 0.5) is 4.79 Å². The van der Waals surface area contributed by atoms with Crippen LogP contribution in [0.5, 0.6) is 0 Å². The number of carbonyl (C=O) groups is 3. The van der Waals surface area contributed by atoms with Crippen LogP contribution in [0.2, 0.25) is 0 Å². The zero-order chi connectivity index (χ0) is 28.9. The minimum absolute atomic E-state index is 0.112. The molecule has 1 aliphatic carbocycles. The van der Waals surface area contributed by atoms with E-state index >= 15 is 0 Å². The van der Waals surface area contributed by atoms with Gasteiger partial charge in [0.05, 0.1) is 5.37 Å². The number of carboxylic acid groups (broad SMARTS) is 1. The van der Waals surface area contributed by atoms with Crippen LogP contribution in [0, 0.1) is 0 Å². The summed E-state index contributed by atoms with van der Waals surface area (Å²) in [6.07, 6.45) is -0.0948. The van der Waals surface area contributed by atoms with E-state index in [1.165, 1.54) is 16.7 Å². The molecular weight excluding hydrogens is 538 g/mol. The molecule has 5 rings (SSSR count). The molecule has 3 atom stereocenters. The van der Waals surface area contributed by atoms with Gasteiger partial charge in [-0.05, 0) is 41.3 Å². The number of rotatable bonds is 10. The Morgan fingerprint density at radius 2 is 1.61 bits per heavy atom. The van der Waals surface area contributed by atoms with E-state index in [0.29, 0.717) is 18.7 Å². The van der Waals surface area contributed by atoms with E-state index in [-0.39, 0.29) is 24.4 Å². The first kappa shape index (κ1) is 28.7. The normalized spacial score (nSPS) is 18.6. The maximum Gasteiger partial charge on any atom is 0.407 e. The van der Waals surface area contributed by atoms with Gasteiger partial charge in [0, 0.05) is 24.8 Å². The predicted octanol–water partition coefficient (Wildman–Crippen LogP) is 4.79. The molecule has 2 aliphatic rings. The van der Waals surface area contributed by atoms with E-state index < -0.39 is 30.1 Å². The van der Waals surface area contributed by atoms with Crippen LogP contribution < -0.4 is 5.32 Å². The molecule has 0 saturated carbocycles. The fourth-order valence-electron chi connectivity index (χ4n) is 5.78. The van der Waals surface area contributed by atoms with Crippen molar-refractivity contribution in [1.82, 2.24) is 15.1 Å². The summed E-state index contributed by atoms with van der Waals surface area (Å²) in [6.45, 7) is 2.81. The van der Waals surface area contributed by atoms with Crippen LogP contribution in [-0.4, -0.2) is 76.3 Å². The maximum atomic E-state index is 13.9. The number of ether oxygens (including phenoxy) is 1. The van der Waals surface area contributed by atoms with Crippen LogP contribution in [0.15, 0.2) is 78.9 Å². The average molecular weight is 574 g/mol. The number of likely N-dealkylation sites (N-methyl/N-ethyl adjacent to an activating group) is 1. The smallest absolute Gasteiger partial charge is 0.407 e. The monoisotopic (exact) mass is 573 g/mol. The van der Waals surface area contributed by atoms with Crippen molar-refractivity contribution in [2.75, 3.05) is 26.0 Å². The lowest BCUT2D eigenvalue weighted by atomic mass is 9.98. The second-order valence-corrected chi connectivity index (χ2v) is 11.7. The van der Waals surface area contributed by atoms with Gasteiger partial charge in [-0.15, -0.1) is 11.8 Å². The molecule has 0 radical (unpaired) electrons. The van der Waals surface area contributed by atoms with Crippen LogP contribution in [0.1, 0.15) is 36.0 Å². The number of hydrogen-bond donors (Lipinski definition) is 2. The molecule has 1 aliphatic heterocycles. The molecule has 41 heavy (non-hydrogen) atoms. The van der Waals surface area contributed by atoms with Gasteiger partial charge in [0.2, 0.25) is 5.91 Å². The van der Waals surface area contributed by atoms with Crippen molar-refractivity contribution in [2.24, 2.45) is 0 Å². The number of thioether (sulfide) groups is 1. The van der Waals surface area contributed by atoms with Gasteiger partial charge in [-0.2, -0.15) is 0 Å². The quantitative estimate of drug-likeness (QED) is 0.360. The minimum atomic E-state index is -1.04.